The van der Waals surface area contributed by atoms with Gasteiger partial charge in [-0.1, -0.05) is 0 Å². The first kappa shape index (κ1) is 14.4. The predicted molar refractivity (Wildman–Crippen MR) is 82.6 cm³/mol. The van der Waals surface area contributed by atoms with Crippen LogP contribution in [0.5, 0.6) is 0 Å². The lowest BCUT2D eigenvalue weighted by Gasteiger charge is -2.25. The van der Waals surface area contributed by atoms with Crippen LogP contribution in [0.4, 0.5) is 15.9 Å². The van der Waals surface area contributed by atoms with Crippen LogP contribution in [0.2, 0.25) is 0 Å². The first-order valence-corrected chi connectivity index (χ1v) is 7.26. The van der Waals surface area contributed by atoms with Gasteiger partial charge in [0.05, 0.1) is 17.4 Å². The minimum absolute atomic E-state index is 0.00808. The number of nitrogens with zero attached hydrogens (tertiary/aromatic N) is 4. The van der Waals surface area contributed by atoms with Crippen molar-refractivity contribution in [2.24, 2.45) is 0 Å². The van der Waals surface area contributed by atoms with Gasteiger partial charge in [-0.15, -0.1) is 0 Å². The van der Waals surface area contributed by atoms with E-state index in [2.05, 4.69) is 14.9 Å². The first-order chi connectivity index (χ1) is 10.7. The van der Waals surface area contributed by atoms with Crippen LogP contribution < -0.4 is 9.80 Å². The Morgan fingerprint density at radius 1 is 1.27 bits per heavy atom. The number of hydrogen-bond donors (Lipinski definition) is 0. The average molecular weight is 300 g/mol. The van der Waals surface area contributed by atoms with Gasteiger partial charge in [-0.2, -0.15) is 0 Å². The van der Waals surface area contributed by atoms with Crippen molar-refractivity contribution in [2.75, 3.05) is 29.9 Å². The fraction of sp³-hybridized carbons (Fsp3) is 0.312. The number of carbonyl (C=O) groups excluding carboxylic acids is 1. The Bertz CT molecular complexity index is 685. The molecule has 0 unspecified atom stereocenters. The summed E-state index contributed by atoms with van der Waals surface area (Å²) in [6.45, 7) is 1.85. The van der Waals surface area contributed by atoms with Crippen LogP contribution in [-0.4, -0.2) is 36.0 Å². The van der Waals surface area contributed by atoms with Crippen molar-refractivity contribution < 1.29 is 9.18 Å². The maximum Gasteiger partial charge on any atom is 0.261 e. The SMILES string of the molecule is CN(C(=O)c1ccncc1F)c1cccnc1N1CCCC1. The number of rotatable bonds is 3. The first-order valence-electron chi connectivity index (χ1n) is 7.26. The maximum absolute atomic E-state index is 13.8. The zero-order chi connectivity index (χ0) is 15.5. The van der Waals surface area contributed by atoms with E-state index in [1.165, 1.54) is 17.2 Å². The lowest BCUT2D eigenvalue weighted by atomic mass is 10.2. The van der Waals surface area contributed by atoms with Gasteiger partial charge in [0.15, 0.2) is 11.6 Å². The van der Waals surface area contributed by atoms with Gasteiger partial charge in [-0.05, 0) is 31.0 Å². The zero-order valence-corrected chi connectivity index (χ0v) is 12.4. The topological polar surface area (TPSA) is 49.3 Å². The van der Waals surface area contributed by atoms with Gasteiger partial charge in [0.2, 0.25) is 0 Å². The second-order valence-electron chi connectivity index (χ2n) is 5.26. The second-order valence-corrected chi connectivity index (χ2v) is 5.26. The van der Waals surface area contributed by atoms with Gasteiger partial charge in [-0.3, -0.25) is 9.78 Å². The molecule has 0 bridgehead atoms. The number of pyridine rings is 2. The van der Waals surface area contributed by atoms with E-state index in [0.717, 1.165) is 37.9 Å². The summed E-state index contributed by atoms with van der Waals surface area (Å²) in [5.41, 5.74) is 0.694. The molecule has 1 amide bonds. The lowest BCUT2D eigenvalue weighted by Crippen LogP contribution is -2.30. The summed E-state index contributed by atoms with van der Waals surface area (Å²) in [6.07, 6.45) is 6.41. The summed E-state index contributed by atoms with van der Waals surface area (Å²) in [6, 6.07) is 5.00. The monoisotopic (exact) mass is 300 g/mol. The molecule has 3 heterocycles. The van der Waals surface area contributed by atoms with E-state index in [1.807, 2.05) is 6.07 Å². The minimum atomic E-state index is -0.619. The molecule has 5 nitrogen and oxygen atoms in total. The summed E-state index contributed by atoms with van der Waals surface area (Å²) >= 11 is 0. The standard InChI is InChI=1S/C16H17FN4O/c1-20(16(22)12-6-8-18-11-13(12)17)14-5-4-7-19-15(14)21-9-2-3-10-21/h4-8,11H,2-3,9-10H2,1H3. The number of amides is 1. The maximum atomic E-state index is 13.8. The van der Waals surface area contributed by atoms with Crippen LogP contribution in [0.1, 0.15) is 23.2 Å². The van der Waals surface area contributed by atoms with Crippen LogP contribution in [0.3, 0.4) is 0 Å². The molecule has 0 aliphatic carbocycles. The molecular formula is C16H17FN4O. The highest BCUT2D eigenvalue weighted by Crippen LogP contribution is 2.29. The second kappa shape index (κ2) is 6.09. The average Bonchev–Trinajstić information content (AvgIpc) is 3.08. The van der Waals surface area contributed by atoms with E-state index in [1.54, 1.807) is 19.3 Å². The Labute approximate surface area is 128 Å². The van der Waals surface area contributed by atoms with Gasteiger partial charge >= 0.3 is 0 Å². The van der Waals surface area contributed by atoms with E-state index >= 15 is 0 Å². The molecule has 114 valence electrons. The zero-order valence-electron chi connectivity index (χ0n) is 12.4. The van der Waals surface area contributed by atoms with Gasteiger partial charge in [0.1, 0.15) is 0 Å². The summed E-state index contributed by atoms with van der Waals surface area (Å²) in [5.74, 6) is -0.260. The predicted octanol–water partition coefficient (Wildman–Crippen LogP) is 2.49. The minimum Gasteiger partial charge on any atom is -0.355 e. The van der Waals surface area contributed by atoms with Gasteiger partial charge < -0.3 is 9.80 Å². The van der Waals surface area contributed by atoms with Crippen LogP contribution in [0, 0.1) is 5.82 Å². The third-order valence-corrected chi connectivity index (χ3v) is 3.84. The lowest BCUT2D eigenvalue weighted by molar-refractivity contribution is 0.0989. The van der Waals surface area contributed by atoms with E-state index < -0.39 is 11.7 Å². The number of anilines is 2. The third-order valence-electron chi connectivity index (χ3n) is 3.84. The molecule has 2 aromatic rings. The Kier molecular flexibility index (Phi) is 4.00. The van der Waals surface area contributed by atoms with Crippen LogP contribution >= 0.6 is 0 Å². The molecule has 2 aromatic heterocycles. The highest BCUT2D eigenvalue weighted by Gasteiger charge is 2.23. The van der Waals surface area contributed by atoms with E-state index in [-0.39, 0.29) is 5.56 Å². The fourth-order valence-corrected chi connectivity index (χ4v) is 2.66. The van der Waals surface area contributed by atoms with E-state index in [9.17, 15) is 9.18 Å². The molecule has 0 spiro atoms. The normalized spacial score (nSPS) is 14.2. The van der Waals surface area contributed by atoms with Gasteiger partial charge in [0, 0.05) is 32.5 Å². The summed E-state index contributed by atoms with van der Waals surface area (Å²) in [5, 5.41) is 0. The van der Waals surface area contributed by atoms with E-state index in [4.69, 9.17) is 0 Å². The van der Waals surface area contributed by atoms with Crippen molar-refractivity contribution >= 4 is 17.4 Å². The Morgan fingerprint density at radius 3 is 2.77 bits per heavy atom. The van der Waals surface area contributed by atoms with Crippen molar-refractivity contribution in [3.63, 3.8) is 0 Å². The molecule has 1 fully saturated rings. The van der Waals surface area contributed by atoms with Gasteiger partial charge in [-0.25, -0.2) is 9.37 Å². The number of hydrogen-bond acceptors (Lipinski definition) is 4. The molecule has 3 rings (SSSR count). The third kappa shape index (κ3) is 2.64. The van der Waals surface area contributed by atoms with Crippen LogP contribution in [0.15, 0.2) is 36.8 Å². The number of carbonyl (C=O) groups is 1. The molecular weight excluding hydrogens is 283 g/mol. The van der Waals surface area contributed by atoms with Crippen LogP contribution in [-0.2, 0) is 0 Å². The Morgan fingerprint density at radius 2 is 2.05 bits per heavy atom. The molecule has 0 radical (unpaired) electrons. The van der Waals surface area contributed by atoms with Crippen LogP contribution in [0.25, 0.3) is 0 Å². The van der Waals surface area contributed by atoms with Crippen molar-refractivity contribution in [2.45, 2.75) is 12.8 Å². The Balaban J connectivity index is 1.94. The molecule has 1 aliphatic rings. The number of halogens is 1. The van der Waals surface area contributed by atoms with E-state index in [0.29, 0.717) is 5.69 Å². The van der Waals surface area contributed by atoms with Crippen molar-refractivity contribution in [1.82, 2.24) is 9.97 Å². The van der Waals surface area contributed by atoms with Gasteiger partial charge in [0.25, 0.3) is 5.91 Å². The molecule has 6 heteroatoms. The summed E-state index contributed by atoms with van der Waals surface area (Å²) in [7, 11) is 1.64. The van der Waals surface area contributed by atoms with Crippen molar-refractivity contribution in [1.29, 1.82) is 0 Å². The molecule has 0 N–H and O–H groups in total. The Hall–Kier alpha value is -2.50. The largest absolute Gasteiger partial charge is 0.355 e. The molecule has 22 heavy (non-hydrogen) atoms. The fourth-order valence-electron chi connectivity index (χ4n) is 2.66. The highest BCUT2D eigenvalue weighted by atomic mass is 19.1. The molecule has 0 aromatic carbocycles. The highest BCUT2D eigenvalue weighted by molar-refractivity contribution is 6.07. The smallest absolute Gasteiger partial charge is 0.261 e. The molecule has 1 saturated heterocycles. The van der Waals surface area contributed by atoms with Crippen molar-refractivity contribution in [3.8, 4) is 0 Å². The quantitative estimate of drug-likeness (QED) is 0.874. The summed E-state index contributed by atoms with van der Waals surface area (Å²) < 4.78 is 13.8. The van der Waals surface area contributed by atoms with Crippen molar-refractivity contribution in [3.05, 3.63) is 48.2 Å². The molecule has 1 aliphatic heterocycles. The summed E-state index contributed by atoms with van der Waals surface area (Å²) in [4.78, 5) is 24.2. The molecule has 0 atom stereocenters. The number of aromatic nitrogens is 2. The molecule has 0 saturated carbocycles.